The minimum Gasteiger partial charge on any atom is -0.453 e. The van der Waals surface area contributed by atoms with Gasteiger partial charge in [-0.05, 0) is 27.2 Å². The van der Waals surface area contributed by atoms with E-state index >= 15 is 0 Å². The molecule has 0 aromatic carbocycles. The summed E-state index contributed by atoms with van der Waals surface area (Å²) < 4.78 is 4.67. The van der Waals surface area contributed by atoms with E-state index in [0.29, 0.717) is 6.42 Å². The molecule has 0 saturated heterocycles. The fourth-order valence-corrected chi connectivity index (χ4v) is 1.19. The van der Waals surface area contributed by atoms with Gasteiger partial charge < -0.3 is 10.5 Å². The summed E-state index contributed by atoms with van der Waals surface area (Å²) in [7, 11) is 1.36. The molecule has 13 heavy (non-hydrogen) atoms. The lowest BCUT2D eigenvalue weighted by molar-refractivity contribution is 0.0571. The number of ether oxygens (including phenoxy) is 1. The van der Waals surface area contributed by atoms with Crippen LogP contribution >= 0.6 is 0 Å². The molecule has 78 valence electrons. The highest BCUT2D eigenvalue weighted by molar-refractivity contribution is 5.68. The zero-order chi connectivity index (χ0) is 10.6. The Morgan fingerprint density at radius 2 is 2.00 bits per heavy atom. The van der Waals surface area contributed by atoms with E-state index in [0.717, 1.165) is 0 Å². The SMILES string of the molecule is CCC(N)N(C(=O)OC)C(C)(C)C. The van der Waals surface area contributed by atoms with Crippen molar-refractivity contribution in [2.24, 2.45) is 5.73 Å². The molecular formula is C9H20N2O2. The first-order valence-electron chi connectivity index (χ1n) is 4.47. The monoisotopic (exact) mass is 188 g/mol. The Kier molecular flexibility index (Phi) is 4.20. The van der Waals surface area contributed by atoms with Gasteiger partial charge >= 0.3 is 6.09 Å². The van der Waals surface area contributed by atoms with Crippen LogP contribution in [0.5, 0.6) is 0 Å². The molecule has 0 saturated carbocycles. The highest BCUT2D eigenvalue weighted by Gasteiger charge is 2.30. The minimum atomic E-state index is -0.373. The molecule has 0 heterocycles. The molecule has 4 heteroatoms. The van der Waals surface area contributed by atoms with Crippen molar-refractivity contribution in [1.29, 1.82) is 0 Å². The van der Waals surface area contributed by atoms with Crippen LogP contribution in [0.2, 0.25) is 0 Å². The van der Waals surface area contributed by atoms with Crippen molar-refractivity contribution in [1.82, 2.24) is 4.90 Å². The number of carbonyl (C=O) groups excluding carboxylic acids is 1. The molecule has 0 aliphatic heterocycles. The van der Waals surface area contributed by atoms with E-state index in [-0.39, 0.29) is 17.8 Å². The molecule has 1 amide bonds. The second-order valence-electron chi connectivity index (χ2n) is 3.99. The summed E-state index contributed by atoms with van der Waals surface area (Å²) in [4.78, 5) is 12.9. The molecular weight excluding hydrogens is 168 g/mol. The van der Waals surface area contributed by atoms with Gasteiger partial charge in [-0.15, -0.1) is 0 Å². The van der Waals surface area contributed by atoms with Gasteiger partial charge in [-0.25, -0.2) is 4.79 Å². The number of nitrogens with two attached hydrogens (primary N) is 1. The van der Waals surface area contributed by atoms with Crippen LogP contribution in [0.25, 0.3) is 0 Å². The maximum Gasteiger partial charge on any atom is 0.411 e. The average molecular weight is 188 g/mol. The number of carbonyl (C=O) groups is 1. The second kappa shape index (κ2) is 4.46. The highest BCUT2D eigenvalue weighted by atomic mass is 16.5. The lowest BCUT2D eigenvalue weighted by Crippen LogP contribution is -2.55. The molecule has 0 rings (SSSR count). The first kappa shape index (κ1) is 12.2. The smallest absolute Gasteiger partial charge is 0.411 e. The van der Waals surface area contributed by atoms with Crippen molar-refractivity contribution in [2.45, 2.75) is 45.8 Å². The van der Waals surface area contributed by atoms with E-state index in [9.17, 15) is 4.79 Å². The van der Waals surface area contributed by atoms with Crippen molar-refractivity contribution < 1.29 is 9.53 Å². The Hall–Kier alpha value is -0.770. The molecule has 4 nitrogen and oxygen atoms in total. The van der Waals surface area contributed by atoms with Crippen LogP contribution in [0.1, 0.15) is 34.1 Å². The lowest BCUT2D eigenvalue weighted by atomic mass is 10.1. The number of nitrogens with zero attached hydrogens (tertiary/aromatic N) is 1. The summed E-state index contributed by atoms with van der Waals surface area (Å²) in [6, 6.07) is 0. The van der Waals surface area contributed by atoms with Crippen LogP contribution in [-0.4, -0.2) is 29.8 Å². The van der Waals surface area contributed by atoms with Gasteiger partial charge in [0.05, 0.1) is 13.3 Å². The fraction of sp³-hybridized carbons (Fsp3) is 0.889. The second-order valence-corrected chi connectivity index (χ2v) is 3.99. The molecule has 0 aromatic heterocycles. The van der Waals surface area contributed by atoms with Crippen LogP contribution in [0, 0.1) is 0 Å². The summed E-state index contributed by atoms with van der Waals surface area (Å²) in [5, 5.41) is 0. The van der Waals surface area contributed by atoms with E-state index < -0.39 is 0 Å². The summed E-state index contributed by atoms with van der Waals surface area (Å²) in [6.45, 7) is 7.73. The maximum atomic E-state index is 11.4. The van der Waals surface area contributed by atoms with Crippen molar-refractivity contribution in [3.8, 4) is 0 Å². The standard InChI is InChI=1S/C9H20N2O2/c1-6-7(10)11(8(12)13-5)9(2,3)4/h7H,6,10H2,1-5H3. The van der Waals surface area contributed by atoms with Crippen LogP contribution in [0.4, 0.5) is 4.79 Å². The Balaban J connectivity index is 4.65. The van der Waals surface area contributed by atoms with E-state index in [1.807, 2.05) is 27.7 Å². The molecule has 0 aromatic rings. The maximum absolute atomic E-state index is 11.4. The van der Waals surface area contributed by atoms with Crippen molar-refractivity contribution in [2.75, 3.05) is 7.11 Å². The van der Waals surface area contributed by atoms with Gasteiger partial charge in [-0.3, -0.25) is 4.90 Å². The van der Waals surface area contributed by atoms with Gasteiger partial charge in [0, 0.05) is 5.54 Å². The quantitative estimate of drug-likeness (QED) is 0.669. The first-order chi connectivity index (χ1) is 5.84. The summed E-state index contributed by atoms with van der Waals surface area (Å²) in [5.74, 6) is 0. The topological polar surface area (TPSA) is 55.6 Å². The third-order valence-corrected chi connectivity index (χ3v) is 1.84. The normalized spacial score (nSPS) is 13.7. The highest BCUT2D eigenvalue weighted by Crippen LogP contribution is 2.17. The van der Waals surface area contributed by atoms with Gasteiger partial charge in [0.15, 0.2) is 0 Å². The van der Waals surface area contributed by atoms with Gasteiger partial charge in [0.2, 0.25) is 0 Å². The predicted molar refractivity (Wildman–Crippen MR) is 52.3 cm³/mol. The third kappa shape index (κ3) is 3.22. The molecule has 0 bridgehead atoms. The fourth-order valence-electron chi connectivity index (χ4n) is 1.19. The van der Waals surface area contributed by atoms with E-state index in [1.165, 1.54) is 7.11 Å². The van der Waals surface area contributed by atoms with Crippen LogP contribution < -0.4 is 5.73 Å². The van der Waals surface area contributed by atoms with Gasteiger partial charge in [0.1, 0.15) is 0 Å². The number of hydrogen-bond acceptors (Lipinski definition) is 3. The molecule has 0 aliphatic carbocycles. The molecule has 1 atom stereocenters. The zero-order valence-electron chi connectivity index (χ0n) is 9.13. The number of methoxy groups -OCH3 is 1. The first-order valence-corrected chi connectivity index (χ1v) is 4.47. The largest absolute Gasteiger partial charge is 0.453 e. The zero-order valence-corrected chi connectivity index (χ0v) is 9.13. The minimum absolute atomic E-state index is 0.285. The van der Waals surface area contributed by atoms with E-state index in [1.54, 1.807) is 4.90 Å². The average Bonchev–Trinajstić information content (AvgIpc) is 2.01. The molecule has 0 spiro atoms. The number of amides is 1. The van der Waals surface area contributed by atoms with Crippen LogP contribution in [0.15, 0.2) is 0 Å². The molecule has 2 N–H and O–H groups in total. The summed E-state index contributed by atoms with van der Waals surface area (Å²) in [5.41, 5.74) is 5.50. The van der Waals surface area contributed by atoms with Gasteiger partial charge in [-0.1, -0.05) is 6.92 Å². The molecule has 1 unspecified atom stereocenters. The molecule has 0 fully saturated rings. The van der Waals surface area contributed by atoms with Crippen molar-refractivity contribution >= 4 is 6.09 Å². The van der Waals surface area contributed by atoms with Gasteiger partial charge in [-0.2, -0.15) is 0 Å². The van der Waals surface area contributed by atoms with E-state index in [2.05, 4.69) is 4.74 Å². The van der Waals surface area contributed by atoms with Crippen LogP contribution in [0.3, 0.4) is 0 Å². The van der Waals surface area contributed by atoms with E-state index in [4.69, 9.17) is 5.73 Å². The summed E-state index contributed by atoms with van der Waals surface area (Å²) >= 11 is 0. The molecule has 0 aliphatic rings. The van der Waals surface area contributed by atoms with Crippen molar-refractivity contribution in [3.63, 3.8) is 0 Å². The summed E-state index contributed by atoms with van der Waals surface area (Å²) in [6.07, 6.45) is 0.0566. The van der Waals surface area contributed by atoms with Crippen LogP contribution in [-0.2, 0) is 4.74 Å². The van der Waals surface area contributed by atoms with Gasteiger partial charge in [0.25, 0.3) is 0 Å². The number of rotatable bonds is 2. The third-order valence-electron chi connectivity index (χ3n) is 1.84. The Morgan fingerprint density at radius 1 is 1.54 bits per heavy atom. The molecule has 0 radical (unpaired) electrons. The number of hydrogen-bond donors (Lipinski definition) is 1. The van der Waals surface area contributed by atoms with Crippen molar-refractivity contribution in [3.05, 3.63) is 0 Å². The Labute approximate surface area is 80.0 Å². The Morgan fingerprint density at radius 3 is 2.23 bits per heavy atom. The Bertz CT molecular complexity index is 175. The lowest BCUT2D eigenvalue weighted by Gasteiger charge is -2.38. The predicted octanol–water partition coefficient (Wildman–Crippen LogP) is 1.55.